The highest BCUT2D eigenvalue weighted by atomic mass is 16.5. The van der Waals surface area contributed by atoms with E-state index < -0.39 is 6.04 Å². The van der Waals surface area contributed by atoms with E-state index in [0.717, 1.165) is 16.9 Å². The molecule has 0 spiro atoms. The quantitative estimate of drug-likeness (QED) is 0.558. The van der Waals surface area contributed by atoms with Crippen LogP contribution in [0.5, 0.6) is 5.75 Å². The van der Waals surface area contributed by atoms with E-state index in [1.807, 2.05) is 36.4 Å². The van der Waals surface area contributed by atoms with Gasteiger partial charge < -0.3 is 10.1 Å². The van der Waals surface area contributed by atoms with E-state index in [9.17, 15) is 9.59 Å². The predicted molar refractivity (Wildman–Crippen MR) is 115 cm³/mol. The van der Waals surface area contributed by atoms with Gasteiger partial charge in [0, 0.05) is 0 Å². The van der Waals surface area contributed by atoms with Gasteiger partial charge in [0.25, 0.3) is 5.91 Å². The summed E-state index contributed by atoms with van der Waals surface area (Å²) in [6.45, 7) is 8.08. The second-order valence-electron chi connectivity index (χ2n) is 7.92. The lowest BCUT2D eigenvalue weighted by atomic mass is 9.87. The Kier molecular flexibility index (Phi) is 7.53. The van der Waals surface area contributed by atoms with Crippen LogP contribution in [0.2, 0.25) is 0 Å². The molecule has 2 aromatic carbocycles. The van der Waals surface area contributed by atoms with Gasteiger partial charge in [-0.3, -0.25) is 9.59 Å². The molecule has 2 amide bonds. The standard InChI is InChI=1S/C23H29N3O3/c1-16(25-21(27)14-17-8-12-20(29-5)13-9-17)22(28)26-24-15-18-6-10-19(11-7-18)23(2,3)4/h6-13,15-16H,14H2,1-5H3,(H,25,27)(H,26,28). The van der Waals surface area contributed by atoms with Crippen molar-refractivity contribution in [1.29, 1.82) is 0 Å². The number of carbonyl (C=O) groups is 2. The molecule has 0 saturated heterocycles. The fraction of sp³-hybridized carbons (Fsp3) is 0.348. The maximum atomic E-state index is 12.1. The molecule has 6 nitrogen and oxygen atoms in total. The third-order valence-electron chi connectivity index (χ3n) is 4.46. The monoisotopic (exact) mass is 395 g/mol. The van der Waals surface area contributed by atoms with Crippen molar-refractivity contribution in [2.24, 2.45) is 5.10 Å². The summed E-state index contributed by atoms with van der Waals surface area (Å²) >= 11 is 0. The molecular formula is C23H29N3O3. The summed E-state index contributed by atoms with van der Waals surface area (Å²) in [5.41, 5.74) is 5.50. The number of benzene rings is 2. The second-order valence-corrected chi connectivity index (χ2v) is 7.92. The Morgan fingerprint density at radius 1 is 1.07 bits per heavy atom. The van der Waals surface area contributed by atoms with Crippen LogP contribution in [0.25, 0.3) is 0 Å². The number of rotatable bonds is 7. The van der Waals surface area contributed by atoms with Gasteiger partial charge in [0.15, 0.2) is 0 Å². The number of methoxy groups -OCH3 is 1. The Labute approximate surface area is 172 Å². The number of carbonyl (C=O) groups excluding carboxylic acids is 2. The highest BCUT2D eigenvalue weighted by Crippen LogP contribution is 2.21. The number of hydrazone groups is 1. The highest BCUT2D eigenvalue weighted by molar-refractivity contribution is 5.89. The van der Waals surface area contributed by atoms with Crippen molar-refractivity contribution in [3.8, 4) is 5.75 Å². The summed E-state index contributed by atoms with van der Waals surface area (Å²) in [4.78, 5) is 24.3. The fourth-order valence-electron chi connectivity index (χ4n) is 2.62. The van der Waals surface area contributed by atoms with Crippen LogP contribution in [0.4, 0.5) is 0 Å². The minimum atomic E-state index is -0.693. The molecule has 154 valence electrons. The van der Waals surface area contributed by atoms with E-state index >= 15 is 0 Å². The molecule has 2 rings (SSSR count). The van der Waals surface area contributed by atoms with Gasteiger partial charge in [-0.1, -0.05) is 57.2 Å². The fourth-order valence-corrected chi connectivity index (χ4v) is 2.62. The van der Waals surface area contributed by atoms with E-state index in [4.69, 9.17) is 4.74 Å². The zero-order valence-corrected chi connectivity index (χ0v) is 17.7. The van der Waals surface area contributed by atoms with E-state index in [-0.39, 0.29) is 23.7 Å². The molecule has 0 fully saturated rings. The molecule has 1 unspecified atom stereocenters. The molecular weight excluding hydrogens is 366 g/mol. The van der Waals surface area contributed by atoms with Crippen molar-refractivity contribution in [2.75, 3.05) is 7.11 Å². The van der Waals surface area contributed by atoms with Gasteiger partial charge in [0.2, 0.25) is 5.91 Å². The van der Waals surface area contributed by atoms with Crippen LogP contribution in [-0.4, -0.2) is 31.2 Å². The molecule has 0 saturated carbocycles. The lowest BCUT2D eigenvalue weighted by Crippen LogP contribution is -2.43. The molecule has 0 aromatic heterocycles. The molecule has 1 atom stereocenters. The van der Waals surface area contributed by atoms with Crippen LogP contribution in [-0.2, 0) is 21.4 Å². The maximum Gasteiger partial charge on any atom is 0.262 e. The van der Waals surface area contributed by atoms with E-state index in [0.29, 0.717) is 0 Å². The number of ether oxygens (including phenoxy) is 1. The lowest BCUT2D eigenvalue weighted by Gasteiger charge is -2.18. The van der Waals surface area contributed by atoms with Gasteiger partial charge in [-0.05, 0) is 41.2 Å². The summed E-state index contributed by atoms with van der Waals surface area (Å²) in [5.74, 6) is 0.114. The average molecular weight is 396 g/mol. The van der Waals surface area contributed by atoms with Crippen molar-refractivity contribution in [1.82, 2.24) is 10.7 Å². The number of hydrogen-bond donors (Lipinski definition) is 2. The third-order valence-corrected chi connectivity index (χ3v) is 4.46. The first kappa shape index (κ1) is 22.1. The Balaban J connectivity index is 1.81. The first-order valence-corrected chi connectivity index (χ1v) is 9.55. The highest BCUT2D eigenvalue weighted by Gasteiger charge is 2.15. The van der Waals surface area contributed by atoms with Crippen LogP contribution < -0.4 is 15.5 Å². The van der Waals surface area contributed by atoms with Gasteiger partial charge >= 0.3 is 0 Å². The van der Waals surface area contributed by atoms with Crippen LogP contribution in [0.1, 0.15) is 44.4 Å². The van der Waals surface area contributed by atoms with Crippen LogP contribution in [0.15, 0.2) is 53.6 Å². The number of amides is 2. The number of nitrogens with one attached hydrogen (secondary N) is 2. The van der Waals surface area contributed by atoms with Gasteiger partial charge in [-0.15, -0.1) is 0 Å². The molecule has 0 bridgehead atoms. The number of nitrogens with zero attached hydrogens (tertiary/aromatic N) is 1. The predicted octanol–water partition coefficient (Wildman–Crippen LogP) is 3.19. The van der Waals surface area contributed by atoms with Gasteiger partial charge in [0.1, 0.15) is 11.8 Å². The van der Waals surface area contributed by atoms with E-state index in [1.54, 1.807) is 32.4 Å². The third kappa shape index (κ3) is 7.07. The first-order valence-electron chi connectivity index (χ1n) is 9.55. The Bertz CT molecular complexity index is 850. The molecule has 0 aliphatic carbocycles. The Morgan fingerprint density at radius 3 is 2.24 bits per heavy atom. The second kappa shape index (κ2) is 9.87. The van der Waals surface area contributed by atoms with Crippen molar-refractivity contribution in [3.63, 3.8) is 0 Å². The molecule has 2 N–H and O–H groups in total. The molecule has 29 heavy (non-hydrogen) atoms. The molecule has 0 radical (unpaired) electrons. The summed E-state index contributed by atoms with van der Waals surface area (Å²) in [6.07, 6.45) is 1.77. The lowest BCUT2D eigenvalue weighted by molar-refractivity contribution is -0.128. The summed E-state index contributed by atoms with van der Waals surface area (Å²) in [5, 5.41) is 6.65. The van der Waals surface area contributed by atoms with E-state index in [1.165, 1.54) is 5.56 Å². The largest absolute Gasteiger partial charge is 0.497 e. The summed E-state index contributed by atoms with van der Waals surface area (Å²) in [6, 6.07) is 14.5. The Hall–Kier alpha value is -3.15. The molecule has 0 aliphatic rings. The summed E-state index contributed by atoms with van der Waals surface area (Å²) < 4.78 is 5.09. The van der Waals surface area contributed by atoms with Gasteiger partial charge in [-0.2, -0.15) is 5.10 Å². The zero-order chi connectivity index (χ0) is 21.4. The smallest absolute Gasteiger partial charge is 0.262 e. The topological polar surface area (TPSA) is 79.8 Å². The first-order chi connectivity index (χ1) is 13.7. The van der Waals surface area contributed by atoms with Crippen molar-refractivity contribution >= 4 is 18.0 Å². The zero-order valence-electron chi connectivity index (χ0n) is 17.7. The van der Waals surface area contributed by atoms with Crippen LogP contribution in [0, 0.1) is 0 Å². The van der Waals surface area contributed by atoms with Gasteiger partial charge in [0.05, 0.1) is 19.7 Å². The average Bonchev–Trinajstić information content (AvgIpc) is 2.68. The minimum absolute atomic E-state index is 0.0867. The van der Waals surface area contributed by atoms with E-state index in [2.05, 4.69) is 36.6 Å². The van der Waals surface area contributed by atoms with Crippen LogP contribution >= 0.6 is 0 Å². The van der Waals surface area contributed by atoms with Gasteiger partial charge in [-0.25, -0.2) is 5.43 Å². The van der Waals surface area contributed by atoms with Crippen molar-refractivity contribution in [2.45, 2.75) is 45.6 Å². The van der Waals surface area contributed by atoms with Crippen molar-refractivity contribution in [3.05, 3.63) is 65.2 Å². The molecule has 2 aromatic rings. The molecule has 0 heterocycles. The van der Waals surface area contributed by atoms with Crippen LogP contribution in [0.3, 0.4) is 0 Å². The minimum Gasteiger partial charge on any atom is -0.497 e. The number of hydrogen-bond acceptors (Lipinski definition) is 4. The Morgan fingerprint density at radius 2 is 1.69 bits per heavy atom. The summed E-state index contributed by atoms with van der Waals surface area (Å²) in [7, 11) is 1.59. The molecule has 0 aliphatic heterocycles. The normalized spacial score (nSPS) is 12.4. The SMILES string of the molecule is COc1ccc(CC(=O)NC(C)C(=O)NN=Cc2ccc(C(C)(C)C)cc2)cc1. The maximum absolute atomic E-state index is 12.1. The molecule has 6 heteroatoms. The van der Waals surface area contributed by atoms with Crippen molar-refractivity contribution < 1.29 is 14.3 Å².